The Morgan fingerprint density at radius 3 is 2.05 bits per heavy atom. The molecule has 21 heavy (non-hydrogen) atoms. The Balaban J connectivity index is 1.56. The second-order valence-electron chi connectivity index (χ2n) is 9.43. The van der Waals surface area contributed by atoms with Gasteiger partial charge < -0.3 is 11.1 Å². The van der Waals surface area contributed by atoms with Crippen LogP contribution in [0.2, 0.25) is 0 Å². The third-order valence-corrected chi connectivity index (χ3v) is 5.92. The average molecular weight is 292 g/mol. The largest absolute Gasteiger partial charge is 0.354 e. The summed E-state index contributed by atoms with van der Waals surface area (Å²) in [6, 6.07) is 0.0721. The first-order chi connectivity index (χ1) is 9.76. The number of carbonyl (C=O) groups is 1. The molecule has 1 amide bonds. The summed E-state index contributed by atoms with van der Waals surface area (Å²) >= 11 is 0. The fourth-order valence-corrected chi connectivity index (χ4v) is 5.66. The highest BCUT2D eigenvalue weighted by molar-refractivity contribution is 5.83. The fraction of sp³-hybridized carbons (Fsp3) is 0.944. The van der Waals surface area contributed by atoms with Crippen LogP contribution in [0.15, 0.2) is 0 Å². The van der Waals surface area contributed by atoms with Crippen molar-refractivity contribution in [2.45, 2.75) is 71.8 Å². The van der Waals surface area contributed by atoms with E-state index in [1.54, 1.807) is 0 Å². The lowest BCUT2D eigenvalue weighted by Crippen LogP contribution is -2.55. The predicted molar refractivity (Wildman–Crippen MR) is 85.7 cm³/mol. The highest BCUT2D eigenvalue weighted by atomic mass is 16.2. The number of rotatable bonds is 4. The van der Waals surface area contributed by atoms with Crippen LogP contribution < -0.4 is 11.1 Å². The Labute approximate surface area is 129 Å². The van der Waals surface area contributed by atoms with Gasteiger partial charge in [-0.05, 0) is 68.1 Å². The number of hydrogen-bond acceptors (Lipinski definition) is 2. The molecule has 1 unspecified atom stereocenters. The third kappa shape index (κ3) is 3.28. The minimum absolute atomic E-state index is 0.0315. The van der Waals surface area contributed by atoms with Crippen LogP contribution in [0.3, 0.4) is 0 Å². The van der Waals surface area contributed by atoms with Crippen molar-refractivity contribution in [3.8, 4) is 0 Å². The summed E-state index contributed by atoms with van der Waals surface area (Å²) in [7, 11) is 0. The number of hydrogen-bond donors (Lipinski definition) is 2. The SMILES string of the molecule is CC(C)(C)CC(N)CNC(=O)C12CC3CC(CC(C3)C1)C2. The van der Waals surface area contributed by atoms with Crippen LogP contribution >= 0.6 is 0 Å². The van der Waals surface area contributed by atoms with Crippen LogP contribution in [0.4, 0.5) is 0 Å². The lowest BCUT2D eigenvalue weighted by atomic mass is 9.49. The Hall–Kier alpha value is -0.570. The topological polar surface area (TPSA) is 55.1 Å². The van der Waals surface area contributed by atoms with Crippen LogP contribution in [0.25, 0.3) is 0 Å². The van der Waals surface area contributed by atoms with E-state index in [-0.39, 0.29) is 16.9 Å². The summed E-state index contributed by atoms with van der Waals surface area (Å²) in [5.41, 5.74) is 6.38. The van der Waals surface area contributed by atoms with E-state index in [1.165, 1.54) is 19.3 Å². The van der Waals surface area contributed by atoms with Crippen molar-refractivity contribution in [3.05, 3.63) is 0 Å². The van der Waals surface area contributed by atoms with Gasteiger partial charge in [-0.1, -0.05) is 20.8 Å². The number of carbonyl (C=O) groups excluding carboxylic acids is 1. The van der Waals surface area contributed by atoms with Gasteiger partial charge in [0.25, 0.3) is 0 Å². The average Bonchev–Trinajstić information content (AvgIpc) is 2.32. The Kier molecular flexibility index (Phi) is 3.84. The molecule has 0 saturated heterocycles. The summed E-state index contributed by atoms with van der Waals surface area (Å²) < 4.78 is 0. The summed E-state index contributed by atoms with van der Waals surface area (Å²) in [6.07, 6.45) is 8.52. The zero-order chi connectivity index (χ0) is 15.3. The second kappa shape index (κ2) is 5.26. The molecule has 0 radical (unpaired) electrons. The standard InChI is InChI=1S/C18H32N2O/c1-17(2,3)10-15(19)11-20-16(21)18-7-12-4-13(8-18)6-14(5-12)9-18/h12-15H,4-11,19H2,1-3H3,(H,20,21). The van der Waals surface area contributed by atoms with E-state index in [1.807, 2.05) is 0 Å². The molecule has 4 aliphatic rings. The van der Waals surface area contributed by atoms with E-state index in [0.717, 1.165) is 43.4 Å². The normalized spacial score (nSPS) is 39.3. The molecule has 3 heteroatoms. The van der Waals surface area contributed by atoms with Crippen molar-refractivity contribution in [2.24, 2.45) is 34.3 Å². The van der Waals surface area contributed by atoms with Crippen molar-refractivity contribution in [3.63, 3.8) is 0 Å². The van der Waals surface area contributed by atoms with Crippen LogP contribution in [-0.2, 0) is 4.79 Å². The lowest BCUT2D eigenvalue weighted by molar-refractivity contribution is -0.146. The third-order valence-electron chi connectivity index (χ3n) is 5.92. The van der Waals surface area contributed by atoms with E-state index in [4.69, 9.17) is 5.73 Å². The highest BCUT2D eigenvalue weighted by Gasteiger charge is 2.54. The molecule has 120 valence electrons. The smallest absolute Gasteiger partial charge is 0.226 e. The summed E-state index contributed by atoms with van der Waals surface area (Å²) in [5, 5.41) is 3.20. The zero-order valence-electron chi connectivity index (χ0n) is 14.0. The molecule has 4 saturated carbocycles. The molecule has 0 aromatic carbocycles. The molecule has 4 rings (SSSR count). The molecule has 0 spiro atoms. The van der Waals surface area contributed by atoms with Gasteiger partial charge in [0.1, 0.15) is 0 Å². The monoisotopic (exact) mass is 292 g/mol. The zero-order valence-corrected chi connectivity index (χ0v) is 14.0. The van der Waals surface area contributed by atoms with Gasteiger partial charge in [0.15, 0.2) is 0 Å². The first kappa shape index (κ1) is 15.3. The molecule has 4 fully saturated rings. The minimum Gasteiger partial charge on any atom is -0.354 e. The lowest BCUT2D eigenvalue weighted by Gasteiger charge is -2.55. The maximum Gasteiger partial charge on any atom is 0.226 e. The minimum atomic E-state index is -0.0315. The van der Waals surface area contributed by atoms with E-state index >= 15 is 0 Å². The predicted octanol–water partition coefficient (Wildman–Crippen LogP) is 3.08. The molecular weight excluding hydrogens is 260 g/mol. The Bertz CT molecular complexity index is 375. The van der Waals surface area contributed by atoms with Gasteiger partial charge in [-0.15, -0.1) is 0 Å². The second-order valence-corrected chi connectivity index (χ2v) is 9.43. The molecule has 4 aliphatic carbocycles. The summed E-state index contributed by atoms with van der Waals surface area (Å²) in [4.78, 5) is 12.8. The molecule has 0 aromatic heterocycles. The molecule has 0 aromatic rings. The van der Waals surface area contributed by atoms with E-state index in [0.29, 0.717) is 12.5 Å². The van der Waals surface area contributed by atoms with E-state index < -0.39 is 0 Å². The molecule has 3 nitrogen and oxygen atoms in total. The van der Waals surface area contributed by atoms with Gasteiger partial charge in [0.2, 0.25) is 5.91 Å². The van der Waals surface area contributed by atoms with E-state index in [9.17, 15) is 4.79 Å². The number of nitrogens with one attached hydrogen (secondary N) is 1. The van der Waals surface area contributed by atoms with Crippen molar-refractivity contribution >= 4 is 5.91 Å². The van der Waals surface area contributed by atoms with Gasteiger partial charge >= 0.3 is 0 Å². The molecule has 1 atom stereocenters. The highest BCUT2D eigenvalue weighted by Crippen LogP contribution is 2.60. The quantitative estimate of drug-likeness (QED) is 0.836. The molecule has 4 bridgehead atoms. The number of nitrogens with two attached hydrogens (primary N) is 1. The Morgan fingerprint density at radius 1 is 1.14 bits per heavy atom. The first-order valence-corrected chi connectivity index (χ1v) is 8.80. The van der Waals surface area contributed by atoms with Gasteiger partial charge in [0, 0.05) is 18.0 Å². The summed E-state index contributed by atoms with van der Waals surface area (Å²) in [5.74, 6) is 2.78. The van der Waals surface area contributed by atoms with Gasteiger partial charge in [0.05, 0.1) is 0 Å². The number of amides is 1. The molecule has 3 N–H and O–H groups in total. The summed E-state index contributed by atoms with van der Waals surface area (Å²) in [6.45, 7) is 7.24. The van der Waals surface area contributed by atoms with Crippen molar-refractivity contribution in [2.75, 3.05) is 6.54 Å². The van der Waals surface area contributed by atoms with Gasteiger partial charge in [-0.3, -0.25) is 4.79 Å². The van der Waals surface area contributed by atoms with Crippen molar-refractivity contribution in [1.82, 2.24) is 5.32 Å². The van der Waals surface area contributed by atoms with E-state index in [2.05, 4.69) is 26.1 Å². The van der Waals surface area contributed by atoms with Crippen LogP contribution in [0.5, 0.6) is 0 Å². The molecule has 0 heterocycles. The maximum absolute atomic E-state index is 12.8. The van der Waals surface area contributed by atoms with Gasteiger partial charge in [-0.25, -0.2) is 0 Å². The Morgan fingerprint density at radius 2 is 1.62 bits per heavy atom. The van der Waals surface area contributed by atoms with Crippen LogP contribution in [0.1, 0.15) is 65.7 Å². The molecule has 0 aliphatic heterocycles. The first-order valence-electron chi connectivity index (χ1n) is 8.80. The van der Waals surface area contributed by atoms with Crippen LogP contribution in [-0.4, -0.2) is 18.5 Å². The maximum atomic E-state index is 12.8. The molecular formula is C18H32N2O. The van der Waals surface area contributed by atoms with Crippen LogP contribution in [0, 0.1) is 28.6 Å². The van der Waals surface area contributed by atoms with Gasteiger partial charge in [-0.2, -0.15) is 0 Å². The fourth-order valence-electron chi connectivity index (χ4n) is 5.66. The van der Waals surface area contributed by atoms with Crippen molar-refractivity contribution in [1.29, 1.82) is 0 Å². The van der Waals surface area contributed by atoms with Crippen molar-refractivity contribution < 1.29 is 4.79 Å².